The molecule has 39 heavy (non-hydrogen) atoms. The van der Waals surface area contributed by atoms with E-state index < -0.39 is 17.8 Å². The van der Waals surface area contributed by atoms with Crippen LogP contribution in [0.4, 0.5) is 10.5 Å². The Morgan fingerprint density at radius 1 is 1.03 bits per heavy atom. The first-order chi connectivity index (χ1) is 18.6. The number of anilines is 1. The Labute approximate surface area is 249 Å². The number of nitrogens with zero attached hydrogens (tertiary/aromatic N) is 1. The van der Waals surface area contributed by atoms with Gasteiger partial charge in [0.2, 0.25) is 0 Å². The highest BCUT2D eigenvalue weighted by atomic mass is 127. The lowest BCUT2D eigenvalue weighted by molar-refractivity contribution is -0.122. The van der Waals surface area contributed by atoms with Crippen molar-refractivity contribution >= 4 is 75.4 Å². The molecule has 4 amide bonds. The molecule has 1 saturated heterocycles. The van der Waals surface area contributed by atoms with Crippen molar-refractivity contribution in [1.29, 1.82) is 0 Å². The number of barbiturate groups is 1. The molecule has 4 rings (SSSR count). The largest absolute Gasteiger partial charge is 0.493 e. The Morgan fingerprint density at radius 3 is 2.38 bits per heavy atom. The van der Waals surface area contributed by atoms with E-state index in [2.05, 4.69) is 27.9 Å². The van der Waals surface area contributed by atoms with Crippen LogP contribution in [0.3, 0.4) is 0 Å². The average Bonchev–Trinajstić information content (AvgIpc) is 2.88. The van der Waals surface area contributed by atoms with Gasteiger partial charge in [-0.05, 0) is 96.6 Å². The van der Waals surface area contributed by atoms with E-state index in [1.54, 1.807) is 54.6 Å². The zero-order chi connectivity index (χ0) is 28.3. The summed E-state index contributed by atoms with van der Waals surface area (Å²) in [5.74, 6) is -0.0483. The number of amides is 4. The van der Waals surface area contributed by atoms with E-state index in [-0.39, 0.29) is 24.0 Å². The van der Waals surface area contributed by atoms with Gasteiger partial charge in [0.05, 0.1) is 22.5 Å². The maximum absolute atomic E-state index is 13.3. The number of hydrogen-bond donors (Lipinski definition) is 1. The van der Waals surface area contributed by atoms with Crippen molar-refractivity contribution in [3.63, 3.8) is 0 Å². The fourth-order valence-electron chi connectivity index (χ4n) is 3.72. The topological polar surface area (TPSA) is 94.2 Å². The third kappa shape index (κ3) is 6.66. The molecule has 0 spiro atoms. The Morgan fingerprint density at radius 2 is 1.74 bits per heavy atom. The molecule has 8 nitrogen and oxygen atoms in total. The fraction of sp³-hybridized carbons (Fsp3) is 0.179. The predicted octanol–water partition coefficient (Wildman–Crippen LogP) is 6.64. The smallest absolute Gasteiger partial charge is 0.335 e. The summed E-state index contributed by atoms with van der Waals surface area (Å²) >= 11 is 14.2. The van der Waals surface area contributed by atoms with Crippen LogP contribution >= 0.6 is 45.8 Å². The number of nitrogens with one attached hydrogen (secondary N) is 1. The first kappa shape index (κ1) is 28.7. The molecule has 0 radical (unpaired) electrons. The molecule has 1 fully saturated rings. The van der Waals surface area contributed by atoms with Crippen molar-refractivity contribution < 1.29 is 28.6 Å². The number of ether oxygens (including phenoxy) is 3. The molecule has 0 aromatic heterocycles. The number of halogens is 3. The Bertz CT molecular complexity index is 1470. The van der Waals surface area contributed by atoms with E-state index in [0.717, 1.165) is 14.0 Å². The Hall–Kier alpha value is -3.28. The van der Waals surface area contributed by atoms with E-state index in [9.17, 15) is 14.4 Å². The quantitative estimate of drug-likeness (QED) is 0.163. The van der Waals surface area contributed by atoms with Crippen LogP contribution in [0.1, 0.15) is 25.0 Å². The molecule has 1 aliphatic rings. The molecular weight excluding hydrogens is 658 g/mol. The summed E-state index contributed by atoms with van der Waals surface area (Å²) in [6, 6.07) is 14.0. The predicted molar refractivity (Wildman–Crippen MR) is 158 cm³/mol. The first-order valence-corrected chi connectivity index (χ1v) is 13.5. The van der Waals surface area contributed by atoms with Gasteiger partial charge in [-0.25, -0.2) is 9.69 Å². The average molecular weight is 681 g/mol. The third-order valence-corrected chi connectivity index (χ3v) is 6.91. The summed E-state index contributed by atoms with van der Waals surface area (Å²) in [5, 5.41) is 3.23. The summed E-state index contributed by atoms with van der Waals surface area (Å²) in [5.41, 5.74) is 1.34. The molecule has 1 aliphatic heterocycles. The zero-order valence-electron chi connectivity index (χ0n) is 21.1. The molecule has 202 valence electrons. The normalized spacial score (nSPS) is 14.6. The van der Waals surface area contributed by atoms with Crippen molar-refractivity contribution in [2.45, 2.75) is 26.6 Å². The number of carbonyl (C=O) groups is 3. The van der Waals surface area contributed by atoms with Gasteiger partial charge in [-0.1, -0.05) is 29.3 Å². The lowest BCUT2D eigenvalue weighted by Crippen LogP contribution is -2.54. The molecule has 1 heterocycles. The van der Waals surface area contributed by atoms with Crippen molar-refractivity contribution in [3.8, 4) is 17.2 Å². The van der Waals surface area contributed by atoms with Crippen LogP contribution in [0, 0.1) is 3.57 Å². The minimum atomic E-state index is -0.850. The van der Waals surface area contributed by atoms with Crippen molar-refractivity contribution in [1.82, 2.24) is 5.32 Å². The molecule has 11 heteroatoms. The second kappa shape index (κ2) is 12.3. The van der Waals surface area contributed by atoms with E-state index >= 15 is 0 Å². The Balaban J connectivity index is 1.56. The molecule has 1 N–H and O–H groups in total. The molecule has 0 atom stereocenters. The van der Waals surface area contributed by atoms with Crippen LogP contribution in [-0.2, 0) is 16.2 Å². The third-order valence-electron chi connectivity index (χ3n) is 5.52. The SMILES string of the molecule is COc1cc(/C=C2\C(=O)NC(=O)N(c3ccc(OCc4ccc(Cl)cc4Cl)cc3)C2=O)cc(I)c1OC(C)C. The van der Waals surface area contributed by atoms with Gasteiger partial charge in [0.25, 0.3) is 11.8 Å². The van der Waals surface area contributed by atoms with Gasteiger partial charge in [0.15, 0.2) is 11.5 Å². The summed E-state index contributed by atoms with van der Waals surface area (Å²) < 4.78 is 17.8. The minimum Gasteiger partial charge on any atom is -0.493 e. The van der Waals surface area contributed by atoms with Crippen LogP contribution in [0.25, 0.3) is 6.08 Å². The lowest BCUT2D eigenvalue weighted by atomic mass is 10.1. The van der Waals surface area contributed by atoms with Gasteiger partial charge >= 0.3 is 6.03 Å². The Kier molecular flexibility index (Phi) is 9.04. The molecule has 0 saturated carbocycles. The molecule has 0 bridgehead atoms. The second-order valence-corrected chi connectivity index (χ2v) is 10.7. The number of benzene rings is 3. The molecule has 0 aliphatic carbocycles. The molecule has 3 aromatic rings. The second-order valence-electron chi connectivity index (χ2n) is 8.68. The zero-order valence-corrected chi connectivity index (χ0v) is 24.8. The number of methoxy groups -OCH3 is 1. The fourth-order valence-corrected chi connectivity index (χ4v) is 4.94. The van der Waals surface area contributed by atoms with Gasteiger partial charge in [-0.2, -0.15) is 0 Å². The van der Waals surface area contributed by atoms with Crippen LogP contribution in [0.15, 0.2) is 60.2 Å². The van der Waals surface area contributed by atoms with Gasteiger partial charge in [-0.3, -0.25) is 14.9 Å². The number of carbonyl (C=O) groups excluding carboxylic acids is 3. The van der Waals surface area contributed by atoms with Gasteiger partial charge in [0.1, 0.15) is 17.9 Å². The highest BCUT2D eigenvalue weighted by molar-refractivity contribution is 14.1. The molecule has 3 aromatic carbocycles. The first-order valence-electron chi connectivity index (χ1n) is 11.7. The number of imide groups is 2. The van der Waals surface area contributed by atoms with E-state index in [4.69, 9.17) is 37.4 Å². The van der Waals surface area contributed by atoms with E-state index in [1.165, 1.54) is 13.2 Å². The van der Waals surface area contributed by atoms with Gasteiger partial charge in [-0.15, -0.1) is 0 Å². The maximum atomic E-state index is 13.3. The van der Waals surface area contributed by atoms with Crippen LogP contribution < -0.4 is 24.4 Å². The van der Waals surface area contributed by atoms with Crippen LogP contribution in [0.5, 0.6) is 17.2 Å². The minimum absolute atomic E-state index is 0.0751. The van der Waals surface area contributed by atoms with Gasteiger partial charge < -0.3 is 14.2 Å². The van der Waals surface area contributed by atoms with Gasteiger partial charge in [0, 0.05) is 15.6 Å². The lowest BCUT2D eigenvalue weighted by Gasteiger charge is -2.26. The maximum Gasteiger partial charge on any atom is 0.335 e. The van der Waals surface area contributed by atoms with E-state index in [1.807, 2.05) is 13.8 Å². The monoisotopic (exact) mass is 680 g/mol. The summed E-state index contributed by atoms with van der Waals surface area (Å²) in [4.78, 5) is 39.5. The number of hydrogen-bond acceptors (Lipinski definition) is 6. The highest BCUT2D eigenvalue weighted by Gasteiger charge is 2.37. The highest BCUT2D eigenvalue weighted by Crippen LogP contribution is 2.36. The van der Waals surface area contributed by atoms with Crippen molar-refractivity contribution in [3.05, 3.63) is 84.9 Å². The van der Waals surface area contributed by atoms with Crippen LogP contribution in [-0.4, -0.2) is 31.1 Å². The van der Waals surface area contributed by atoms with Crippen molar-refractivity contribution in [2.24, 2.45) is 0 Å². The van der Waals surface area contributed by atoms with Crippen LogP contribution in [0.2, 0.25) is 10.0 Å². The molecule has 0 unspecified atom stereocenters. The number of rotatable bonds is 8. The summed E-state index contributed by atoms with van der Waals surface area (Å²) in [6.07, 6.45) is 1.34. The summed E-state index contributed by atoms with van der Waals surface area (Å²) in [6.45, 7) is 4.00. The van der Waals surface area contributed by atoms with Crippen molar-refractivity contribution in [2.75, 3.05) is 12.0 Å². The number of urea groups is 1. The molecular formula is C28H23Cl2IN2O6. The standard InChI is InChI=1S/C28H23Cl2IN2O6/c1-15(2)39-25-23(31)11-16(12-24(25)37-3)10-21-26(34)32-28(36)33(27(21)35)19-6-8-20(9-7-19)38-14-17-4-5-18(29)13-22(17)30/h4-13,15H,14H2,1-3H3,(H,32,34,36)/b21-10+. The van der Waals surface area contributed by atoms with E-state index in [0.29, 0.717) is 32.9 Å². The summed E-state index contributed by atoms with van der Waals surface area (Å²) in [7, 11) is 1.51.